The van der Waals surface area contributed by atoms with E-state index in [1.807, 2.05) is 29.2 Å². The number of benzene rings is 2. The van der Waals surface area contributed by atoms with E-state index < -0.39 is 0 Å². The summed E-state index contributed by atoms with van der Waals surface area (Å²) >= 11 is 0. The lowest BCUT2D eigenvalue weighted by Gasteiger charge is -2.41. The first-order valence-electron chi connectivity index (χ1n) is 18.2. The molecule has 5 heterocycles. The summed E-state index contributed by atoms with van der Waals surface area (Å²) in [5, 5.41) is 5.96. The Morgan fingerprint density at radius 2 is 1.61 bits per heavy atom. The van der Waals surface area contributed by atoms with Crippen LogP contribution in [0.1, 0.15) is 50.5 Å². The summed E-state index contributed by atoms with van der Waals surface area (Å²) in [5.41, 5.74) is 1.28. The third-order valence-corrected chi connectivity index (χ3v) is 10.8. The van der Waals surface area contributed by atoms with Gasteiger partial charge in [0.05, 0.1) is 12.6 Å². The number of fused-ring (bicyclic) bond motifs is 9. The average Bonchev–Trinajstić information content (AvgIpc) is 3.62. The van der Waals surface area contributed by atoms with Crippen molar-refractivity contribution in [1.82, 2.24) is 30.2 Å². The molecule has 264 valence electrons. The second-order valence-corrected chi connectivity index (χ2v) is 14.1. The quantitative estimate of drug-likeness (QED) is 0.443. The van der Waals surface area contributed by atoms with Gasteiger partial charge in [-0.2, -0.15) is 0 Å². The number of ether oxygens (including phenoxy) is 1. The fourth-order valence-corrected chi connectivity index (χ4v) is 8.18. The molecule has 0 unspecified atom stereocenters. The zero-order valence-electron chi connectivity index (χ0n) is 28.6. The zero-order chi connectivity index (χ0) is 34.0. The first-order valence-corrected chi connectivity index (χ1v) is 18.2. The van der Waals surface area contributed by atoms with Crippen LogP contribution in [0.3, 0.4) is 0 Å². The minimum Gasteiger partial charge on any atom is -0.484 e. The molecule has 11 nitrogen and oxygen atoms in total. The number of amides is 4. The molecular weight excluding hydrogens is 620 g/mol. The van der Waals surface area contributed by atoms with Gasteiger partial charge in [-0.25, -0.2) is 0 Å². The summed E-state index contributed by atoms with van der Waals surface area (Å²) in [5.74, 6) is 0.883. The van der Waals surface area contributed by atoms with Gasteiger partial charge in [-0.1, -0.05) is 48.5 Å². The zero-order valence-corrected chi connectivity index (χ0v) is 28.6. The van der Waals surface area contributed by atoms with Gasteiger partial charge in [0.2, 0.25) is 17.7 Å². The summed E-state index contributed by atoms with van der Waals surface area (Å²) in [6, 6.07) is 19.6. The smallest absolute Gasteiger partial charge is 0.258 e. The number of carbonyl (C=O) groups is 4. The van der Waals surface area contributed by atoms with E-state index in [1.165, 1.54) is 5.56 Å². The molecule has 0 aliphatic carbocycles. The molecule has 2 aromatic carbocycles. The second-order valence-electron chi connectivity index (χ2n) is 14.1. The van der Waals surface area contributed by atoms with E-state index in [1.54, 1.807) is 17.0 Å². The molecule has 2 aromatic rings. The Morgan fingerprint density at radius 1 is 0.857 bits per heavy atom. The van der Waals surface area contributed by atoms with Crippen molar-refractivity contribution in [1.29, 1.82) is 0 Å². The average molecular weight is 673 g/mol. The first-order chi connectivity index (χ1) is 23.9. The van der Waals surface area contributed by atoms with Gasteiger partial charge in [0.1, 0.15) is 5.75 Å². The summed E-state index contributed by atoms with van der Waals surface area (Å²) < 4.78 is 5.57. The van der Waals surface area contributed by atoms with Crippen LogP contribution in [0.2, 0.25) is 0 Å². The van der Waals surface area contributed by atoms with Crippen LogP contribution in [0.25, 0.3) is 0 Å². The third-order valence-electron chi connectivity index (χ3n) is 10.8. The monoisotopic (exact) mass is 672 g/mol. The number of hydrogen-bond donors (Lipinski definition) is 2. The highest BCUT2D eigenvalue weighted by Gasteiger charge is 2.40. The van der Waals surface area contributed by atoms with Gasteiger partial charge in [0, 0.05) is 58.3 Å². The SMILES string of the molecule is O=C(COc1ccccc1)NCCN1CC(=O)NCC[C@H]2CN(Cc3ccccc3)CC[C@H]2CC(=O)N2CCC(CC2)N2CCC[C@H]2C1=O. The van der Waals surface area contributed by atoms with Crippen molar-refractivity contribution in [2.75, 3.05) is 65.5 Å². The molecule has 5 fully saturated rings. The van der Waals surface area contributed by atoms with Gasteiger partial charge < -0.3 is 25.2 Å². The van der Waals surface area contributed by atoms with Gasteiger partial charge >= 0.3 is 0 Å². The predicted octanol–water partition coefficient (Wildman–Crippen LogP) is 2.51. The Labute approximate surface area is 290 Å². The van der Waals surface area contributed by atoms with Gasteiger partial charge in [-0.05, 0) is 81.1 Å². The van der Waals surface area contributed by atoms with Crippen LogP contribution in [-0.4, -0.2) is 121 Å². The lowest BCUT2D eigenvalue weighted by atomic mass is 9.80. The van der Waals surface area contributed by atoms with Crippen LogP contribution < -0.4 is 15.4 Å². The largest absolute Gasteiger partial charge is 0.484 e. The van der Waals surface area contributed by atoms with Crippen molar-refractivity contribution in [3.63, 3.8) is 0 Å². The molecule has 0 aromatic heterocycles. The number of piperidine rings is 2. The topological polar surface area (TPSA) is 115 Å². The van der Waals surface area contributed by atoms with Crippen LogP contribution in [0.5, 0.6) is 5.75 Å². The highest BCUT2D eigenvalue weighted by atomic mass is 16.5. The van der Waals surface area contributed by atoms with Gasteiger partial charge in [-0.3, -0.25) is 29.0 Å². The fraction of sp³-hybridized carbons (Fsp3) is 0.579. The van der Waals surface area contributed by atoms with Crippen molar-refractivity contribution in [3.05, 3.63) is 66.2 Å². The van der Waals surface area contributed by atoms with Crippen molar-refractivity contribution < 1.29 is 23.9 Å². The molecule has 49 heavy (non-hydrogen) atoms. The standard InChI is InChI=1S/C38H52N6O5/c45-35-27-43(23-18-40-36(46)28-49-33-10-5-2-6-11-33)38(48)34-12-7-19-44(34)32-15-21-42(22-16-32)37(47)24-30-14-20-41(26-31(30)13-17-39-35)25-29-8-3-1-4-9-29/h1-6,8-11,30-32,34H,7,12-28H2,(H,39,45)(H,40,46)/t30-,31-,34-/m0/s1. The summed E-state index contributed by atoms with van der Waals surface area (Å²) in [7, 11) is 0. The maximum absolute atomic E-state index is 14.1. The van der Waals surface area contributed by atoms with Gasteiger partial charge in [0.15, 0.2) is 6.61 Å². The van der Waals surface area contributed by atoms with Crippen LogP contribution in [0, 0.1) is 11.8 Å². The van der Waals surface area contributed by atoms with E-state index in [0.717, 1.165) is 77.8 Å². The maximum atomic E-state index is 14.1. The summed E-state index contributed by atoms with van der Waals surface area (Å²) in [6.45, 7) is 5.78. The van der Waals surface area contributed by atoms with Crippen molar-refractivity contribution in [2.45, 2.75) is 63.6 Å². The molecule has 0 radical (unpaired) electrons. The molecule has 4 amide bonds. The van der Waals surface area contributed by atoms with Gasteiger partial charge in [-0.15, -0.1) is 0 Å². The highest BCUT2D eigenvalue weighted by molar-refractivity contribution is 5.88. The Morgan fingerprint density at radius 3 is 2.39 bits per heavy atom. The normalized spacial score (nSPS) is 26.1. The Hall–Kier alpha value is -3.96. The van der Waals surface area contributed by atoms with Gasteiger partial charge in [0.25, 0.3) is 5.91 Å². The first kappa shape index (κ1) is 34.9. The lowest BCUT2D eigenvalue weighted by Crippen LogP contribution is -2.55. The molecule has 0 spiro atoms. The number of likely N-dealkylation sites (tertiary alicyclic amines) is 1. The molecule has 5 aliphatic rings. The number of rotatable bonds is 8. The molecule has 5 saturated heterocycles. The van der Waals surface area contributed by atoms with Crippen molar-refractivity contribution in [2.24, 2.45) is 11.8 Å². The number of nitrogens with zero attached hydrogens (tertiary/aromatic N) is 4. The molecule has 11 heteroatoms. The Bertz CT molecular complexity index is 1400. The van der Waals surface area contributed by atoms with E-state index >= 15 is 0 Å². The minimum absolute atomic E-state index is 0.0509. The predicted molar refractivity (Wildman–Crippen MR) is 186 cm³/mol. The number of carbonyl (C=O) groups excluding carboxylic acids is 4. The second kappa shape index (κ2) is 17.1. The molecular formula is C38H52N6O5. The summed E-state index contributed by atoms with van der Waals surface area (Å²) in [6.07, 6.45) is 5.68. The summed E-state index contributed by atoms with van der Waals surface area (Å²) in [4.78, 5) is 62.1. The fourth-order valence-electron chi connectivity index (χ4n) is 8.18. The van der Waals surface area contributed by atoms with Crippen LogP contribution in [0.4, 0.5) is 0 Å². The van der Waals surface area contributed by atoms with E-state index in [2.05, 4.69) is 44.7 Å². The van der Waals surface area contributed by atoms with Crippen molar-refractivity contribution in [3.8, 4) is 5.75 Å². The van der Waals surface area contributed by atoms with Crippen molar-refractivity contribution >= 4 is 23.6 Å². The van der Waals surface area contributed by atoms with E-state index in [4.69, 9.17) is 4.74 Å². The van der Waals surface area contributed by atoms with Crippen LogP contribution in [-0.2, 0) is 25.7 Å². The molecule has 2 bridgehead atoms. The highest BCUT2D eigenvalue weighted by Crippen LogP contribution is 2.32. The van der Waals surface area contributed by atoms with E-state index in [0.29, 0.717) is 18.7 Å². The van der Waals surface area contributed by atoms with E-state index in [-0.39, 0.29) is 73.8 Å². The molecule has 7 rings (SSSR count). The Balaban J connectivity index is 1.11. The number of hydrogen-bond acceptors (Lipinski definition) is 7. The molecule has 2 N–H and O–H groups in total. The molecule has 3 atom stereocenters. The molecule has 0 saturated carbocycles. The number of nitrogens with one attached hydrogen (secondary N) is 2. The lowest BCUT2D eigenvalue weighted by molar-refractivity contribution is -0.141. The van der Waals surface area contributed by atoms with Crippen LogP contribution >= 0.6 is 0 Å². The maximum Gasteiger partial charge on any atom is 0.258 e. The minimum atomic E-state index is -0.300. The number of para-hydroxylation sites is 1. The Kier molecular flexibility index (Phi) is 12.2. The van der Waals surface area contributed by atoms with E-state index in [9.17, 15) is 19.2 Å². The molecule has 5 aliphatic heterocycles. The van der Waals surface area contributed by atoms with Crippen LogP contribution in [0.15, 0.2) is 60.7 Å². The third kappa shape index (κ3) is 9.60.